The zero-order valence-corrected chi connectivity index (χ0v) is 19.3. The average molecular weight is 470 g/mol. The Morgan fingerprint density at radius 2 is 1.78 bits per heavy atom. The molecular weight excluding hydrogens is 443 g/mol. The van der Waals surface area contributed by atoms with E-state index < -0.39 is 17.4 Å². The van der Waals surface area contributed by atoms with Crippen LogP contribution in [0, 0.1) is 0 Å². The Balaban J connectivity index is 1.62. The van der Waals surface area contributed by atoms with E-state index in [1.165, 1.54) is 0 Å². The highest BCUT2D eigenvalue weighted by Gasteiger charge is 2.37. The zero-order valence-electron chi connectivity index (χ0n) is 18.5. The van der Waals surface area contributed by atoms with Gasteiger partial charge in [0.05, 0.1) is 10.6 Å². The van der Waals surface area contributed by atoms with Crippen LogP contribution in [0.3, 0.4) is 0 Å². The molecule has 2 aliphatic heterocycles. The maximum atomic E-state index is 13.2. The largest absolute Gasteiger partial charge is 0.444 e. The number of likely N-dealkylation sites (tertiary alicyclic amines) is 1. The number of amidine groups is 1. The smallest absolute Gasteiger partial charge is 0.419 e. The molecule has 2 aliphatic rings. The minimum Gasteiger partial charge on any atom is -0.444 e. The summed E-state index contributed by atoms with van der Waals surface area (Å²) in [7, 11) is 0. The number of carbonyl (C=O) groups is 1. The van der Waals surface area contributed by atoms with Crippen LogP contribution in [-0.4, -0.2) is 41.7 Å². The number of nitrogens with one attached hydrogen (secondary N) is 1. The Bertz CT molecular complexity index is 954. The molecule has 1 N–H and O–H groups in total. The topological polar surface area (TPSA) is 53.9 Å². The Hall–Kier alpha value is -2.48. The van der Waals surface area contributed by atoms with Crippen LogP contribution in [0.2, 0.25) is 0 Å². The lowest BCUT2D eigenvalue weighted by molar-refractivity contribution is -0.0889. The molecule has 1 saturated heterocycles. The number of nitrogens with zero attached hydrogens (tertiary/aromatic N) is 2. The van der Waals surface area contributed by atoms with Crippen molar-refractivity contribution in [2.24, 2.45) is 4.99 Å². The first-order valence-electron chi connectivity index (χ1n) is 10.4. The molecule has 2 heterocycles. The van der Waals surface area contributed by atoms with E-state index in [0.29, 0.717) is 37.3 Å². The van der Waals surface area contributed by atoms with Crippen molar-refractivity contribution in [1.29, 1.82) is 0 Å². The molecular formula is C23H27ClF3N3O2. The number of alkyl halides is 3. The van der Waals surface area contributed by atoms with Crippen LogP contribution in [0.5, 0.6) is 0 Å². The number of benzene rings is 1. The van der Waals surface area contributed by atoms with Gasteiger partial charge in [0, 0.05) is 37.3 Å². The molecule has 0 saturated carbocycles. The number of allylic oxidation sites excluding steroid dienone is 3. The molecule has 0 unspecified atom stereocenters. The first kappa shape index (κ1) is 24.2. The highest BCUT2D eigenvalue weighted by molar-refractivity contribution is 6.32. The molecule has 0 bridgehead atoms. The average Bonchev–Trinajstić information content (AvgIpc) is 2.62. The number of ether oxygens (including phenoxy) is 1. The van der Waals surface area contributed by atoms with Crippen LogP contribution < -0.4 is 5.32 Å². The van der Waals surface area contributed by atoms with Gasteiger partial charge in [0.2, 0.25) is 0 Å². The van der Waals surface area contributed by atoms with Gasteiger partial charge in [0.1, 0.15) is 11.4 Å². The monoisotopic (exact) mass is 469 g/mol. The molecule has 9 heteroatoms. The normalized spacial score (nSPS) is 18.3. The van der Waals surface area contributed by atoms with Crippen molar-refractivity contribution in [3.8, 4) is 0 Å². The van der Waals surface area contributed by atoms with E-state index in [1.807, 2.05) is 45.0 Å². The lowest BCUT2D eigenvalue weighted by Gasteiger charge is -2.40. The number of amides is 1. The number of hydrogen-bond acceptors (Lipinski definition) is 4. The Morgan fingerprint density at radius 3 is 2.34 bits per heavy atom. The van der Waals surface area contributed by atoms with Gasteiger partial charge in [-0.25, -0.2) is 9.79 Å². The number of aliphatic imine (C=N–C) groups is 1. The van der Waals surface area contributed by atoms with Crippen LogP contribution in [0.4, 0.5) is 23.7 Å². The van der Waals surface area contributed by atoms with Gasteiger partial charge in [-0.1, -0.05) is 29.3 Å². The van der Waals surface area contributed by atoms with Crippen molar-refractivity contribution in [3.63, 3.8) is 0 Å². The van der Waals surface area contributed by atoms with Crippen LogP contribution in [0.1, 0.15) is 52.0 Å². The van der Waals surface area contributed by atoms with Gasteiger partial charge < -0.3 is 15.0 Å². The van der Waals surface area contributed by atoms with Crippen LogP contribution in [0.15, 0.2) is 51.6 Å². The van der Waals surface area contributed by atoms with Crippen molar-refractivity contribution in [2.75, 3.05) is 18.4 Å². The third kappa shape index (κ3) is 6.06. The van der Waals surface area contributed by atoms with Crippen LogP contribution >= 0.6 is 11.6 Å². The molecule has 3 rings (SSSR count). The number of anilines is 1. The molecule has 1 amide bonds. The summed E-state index contributed by atoms with van der Waals surface area (Å²) in [5.41, 5.74) is 0.820. The van der Waals surface area contributed by atoms with Gasteiger partial charge in [-0.2, -0.15) is 13.2 Å². The fraction of sp³-hybridized carbons (Fsp3) is 0.478. The number of rotatable bonds is 2. The number of halogens is 4. The first-order chi connectivity index (χ1) is 14.8. The predicted molar refractivity (Wildman–Crippen MR) is 120 cm³/mol. The number of carbonyl (C=O) groups excluding carboxylic acids is 1. The standard InChI is InChI=1S/C23H27ClF3N3O2/c1-14-5-10-19(28-11-18(20(14)24)23(25,26)27)29-17-8-6-15(7-9-17)16-12-30(13-16)21(31)32-22(2,3)4/h6-9,11,16H,5,10,12-13H2,1-4H3,(H,28,29). The van der Waals surface area contributed by atoms with E-state index in [1.54, 1.807) is 11.8 Å². The van der Waals surface area contributed by atoms with Crippen LogP contribution in [0.25, 0.3) is 0 Å². The molecule has 0 spiro atoms. The van der Waals surface area contributed by atoms with Gasteiger partial charge in [-0.3, -0.25) is 0 Å². The third-order valence-electron chi connectivity index (χ3n) is 5.21. The molecule has 1 aromatic rings. The highest BCUT2D eigenvalue weighted by Crippen LogP contribution is 2.37. The van der Waals surface area contributed by atoms with Crippen molar-refractivity contribution >= 4 is 29.2 Å². The lowest BCUT2D eigenvalue weighted by atomic mass is 9.92. The molecule has 174 valence electrons. The summed E-state index contributed by atoms with van der Waals surface area (Å²) in [4.78, 5) is 17.7. The van der Waals surface area contributed by atoms with E-state index >= 15 is 0 Å². The summed E-state index contributed by atoms with van der Waals surface area (Å²) in [6.07, 6.45) is -3.29. The SMILES string of the molecule is CC1=C(Cl)C(C(F)(F)F)=CN=C(Nc2ccc(C3CN(C(=O)OC(C)(C)C)C3)cc2)CC1. The van der Waals surface area contributed by atoms with Gasteiger partial charge in [0.15, 0.2) is 0 Å². The minimum atomic E-state index is -4.57. The van der Waals surface area contributed by atoms with Gasteiger partial charge in [-0.15, -0.1) is 0 Å². The van der Waals surface area contributed by atoms with E-state index in [9.17, 15) is 18.0 Å². The molecule has 0 aliphatic carbocycles. The minimum absolute atomic E-state index is 0.225. The third-order valence-corrected chi connectivity index (χ3v) is 5.73. The highest BCUT2D eigenvalue weighted by atomic mass is 35.5. The fourth-order valence-electron chi connectivity index (χ4n) is 3.37. The zero-order chi connectivity index (χ0) is 23.7. The molecule has 32 heavy (non-hydrogen) atoms. The van der Waals surface area contributed by atoms with Crippen molar-refractivity contribution in [3.05, 3.63) is 52.2 Å². The maximum absolute atomic E-state index is 13.2. The van der Waals surface area contributed by atoms with E-state index in [4.69, 9.17) is 16.3 Å². The van der Waals surface area contributed by atoms with Crippen molar-refractivity contribution in [1.82, 2.24) is 4.90 Å². The van der Waals surface area contributed by atoms with E-state index in [-0.39, 0.29) is 17.0 Å². The number of hydrogen-bond donors (Lipinski definition) is 1. The second-order valence-corrected chi connectivity index (χ2v) is 9.42. The maximum Gasteiger partial charge on any atom is 0.419 e. The van der Waals surface area contributed by atoms with Gasteiger partial charge in [0.25, 0.3) is 0 Å². The Morgan fingerprint density at radius 1 is 1.16 bits per heavy atom. The Kier molecular flexibility index (Phi) is 6.93. The van der Waals surface area contributed by atoms with E-state index in [0.717, 1.165) is 17.5 Å². The second-order valence-electron chi connectivity index (χ2n) is 9.04. The predicted octanol–water partition coefficient (Wildman–Crippen LogP) is 6.58. The molecule has 1 fully saturated rings. The summed E-state index contributed by atoms with van der Waals surface area (Å²) >= 11 is 5.90. The van der Waals surface area contributed by atoms with E-state index in [2.05, 4.69) is 10.3 Å². The molecule has 0 atom stereocenters. The van der Waals surface area contributed by atoms with Gasteiger partial charge in [-0.05, 0) is 51.8 Å². The van der Waals surface area contributed by atoms with Crippen molar-refractivity contribution in [2.45, 2.75) is 58.2 Å². The molecule has 1 aromatic carbocycles. The summed E-state index contributed by atoms with van der Waals surface area (Å²) < 4.78 is 45.1. The molecule has 0 radical (unpaired) electrons. The summed E-state index contributed by atoms with van der Waals surface area (Å²) in [6, 6.07) is 7.61. The molecule has 0 aromatic heterocycles. The molecule has 5 nitrogen and oxygen atoms in total. The summed E-state index contributed by atoms with van der Waals surface area (Å²) in [5, 5.41) is 2.81. The Labute approximate surface area is 191 Å². The second kappa shape index (κ2) is 9.17. The first-order valence-corrected chi connectivity index (χ1v) is 10.8. The summed E-state index contributed by atoms with van der Waals surface area (Å²) in [5.74, 6) is 0.658. The summed E-state index contributed by atoms with van der Waals surface area (Å²) in [6.45, 7) is 8.27. The van der Waals surface area contributed by atoms with Crippen LogP contribution in [-0.2, 0) is 4.74 Å². The quantitative estimate of drug-likeness (QED) is 0.532. The van der Waals surface area contributed by atoms with Gasteiger partial charge >= 0.3 is 12.3 Å². The lowest BCUT2D eigenvalue weighted by Crippen LogP contribution is -2.50. The van der Waals surface area contributed by atoms with Crippen molar-refractivity contribution < 1.29 is 22.7 Å². The fourth-order valence-corrected chi connectivity index (χ4v) is 3.62.